The van der Waals surface area contributed by atoms with Gasteiger partial charge in [-0.1, -0.05) is 24.3 Å². The number of benzene rings is 2. The lowest BCUT2D eigenvalue weighted by Crippen LogP contribution is -2.32. The summed E-state index contributed by atoms with van der Waals surface area (Å²) in [4.78, 5) is 14.4. The van der Waals surface area contributed by atoms with Gasteiger partial charge in [-0.25, -0.2) is 4.39 Å². The number of para-hydroxylation sites is 2. The van der Waals surface area contributed by atoms with Crippen molar-refractivity contribution in [1.82, 2.24) is 0 Å². The average Bonchev–Trinajstić information content (AvgIpc) is 2.72. The summed E-state index contributed by atoms with van der Waals surface area (Å²) in [5.41, 5.74) is 2.34. The SMILES string of the molecule is Cc1cccc(C(=O)N2CCCNc3ccccc32)c1F. The van der Waals surface area contributed by atoms with E-state index in [4.69, 9.17) is 0 Å². The van der Waals surface area contributed by atoms with E-state index >= 15 is 0 Å². The number of aryl methyl sites for hydroxylation is 1. The molecule has 108 valence electrons. The van der Waals surface area contributed by atoms with E-state index in [2.05, 4.69) is 5.32 Å². The van der Waals surface area contributed by atoms with Crippen molar-refractivity contribution in [2.24, 2.45) is 0 Å². The molecule has 1 N–H and O–H groups in total. The van der Waals surface area contributed by atoms with E-state index in [1.165, 1.54) is 0 Å². The number of carbonyl (C=O) groups is 1. The van der Waals surface area contributed by atoms with Gasteiger partial charge in [0.15, 0.2) is 0 Å². The van der Waals surface area contributed by atoms with E-state index in [0.29, 0.717) is 12.1 Å². The zero-order valence-corrected chi connectivity index (χ0v) is 11.9. The minimum absolute atomic E-state index is 0.131. The normalized spacial score (nSPS) is 14.1. The fourth-order valence-corrected chi connectivity index (χ4v) is 2.61. The van der Waals surface area contributed by atoms with Crippen molar-refractivity contribution in [3.05, 3.63) is 59.4 Å². The molecule has 0 aliphatic carbocycles. The van der Waals surface area contributed by atoms with Crippen LogP contribution in [0.5, 0.6) is 0 Å². The molecule has 3 nitrogen and oxygen atoms in total. The molecular weight excluding hydrogens is 267 g/mol. The first-order chi connectivity index (χ1) is 10.2. The van der Waals surface area contributed by atoms with Crippen molar-refractivity contribution in [1.29, 1.82) is 0 Å². The van der Waals surface area contributed by atoms with E-state index < -0.39 is 5.82 Å². The highest BCUT2D eigenvalue weighted by Crippen LogP contribution is 2.29. The molecule has 1 aliphatic heterocycles. The summed E-state index contributed by atoms with van der Waals surface area (Å²) in [6.07, 6.45) is 0.827. The molecule has 1 heterocycles. The molecule has 0 saturated heterocycles. The number of anilines is 2. The first kappa shape index (κ1) is 13.6. The van der Waals surface area contributed by atoms with Crippen molar-refractivity contribution in [2.45, 2.75) is 13.3 Å². The van der Waals surface area contributed by atoms with Gasteiger partial charge in [-0.05, 0) is 37.1 Å². The smallest absolute Gasteiger partial charge is 0.261 e. The number of hydrogen-bond donors (Lipinski definition) is 1. The van der Waals surface area contributed by atoms with Gasteiger partial charge < -0.3 is 10.2 Å². The van der Waals surface area contributed by atoms with Crippen molar-refractivity contribution >= 4 is 17.3 Å². The van der Waals surface area contributed by atoms with Crippen LogP contribution in [-0.2, 0) is 0 Å². The minimum Gasteiger partial charge on any atom is -0.383 e. The second-order valence-electron chi connectivity index (χ2n) is 5.19. The van der Waals surface area contributed by atoms with Crippen LogP contribution in [0.3, 0.4) is 0 Å². The van der Waals surface area contributed by atoms with Crippen molar-refractivity contribution in [2.75, 3.05) is 23.3 Å². The van der Waals surface area contributed by atoms with Gasteiger partial charge in [0.25, 0.3) is 5.91 Å². The number of carbonyl (C=O) groups excluding carboxylic acids is 1. The van der Waals surface area contributed by atoms with Gasteiger partial charge in [0.05, 0.1) is 16.9 Å². The first-order valence-electron chi connectivity index (χ1n) is 7.08. The largest absolute Gasteiger partial charge is 0.383 e. The highest BCUT2D eigenvalue weighted by atomic mass is 19.1. The predicted molar refractivity (Wildman–Crippen MR) is 82.4 cm³/mol. The van der Waals surface area contributed by atoms with Crippen molar-refractivity contribution in [3.63, 3.8) is 0 Å². The molecule has 0 atom stereocenters. The fourth-order valence-electron chi connectivity index (χ4n) is 2.61. The van der Waals surface area contributed by atoms with Crippen molar-refractivity contribution in [3.8, 4) is 0 Å². The maximum Gasteiger partial charge on any atom is 0.261 e. The summed E-state index contributed by atoms with van der Waals surface area (Å²) in [7, 11) is 0. The Balaban J connectivity index is 2.03. The highest BCUT2D eigenvalue weighted by molar-refractivity contribution is 6.08. The van der Waals surface area contributed by atoms with Crippen LogP contribution in [0.15, 0.2) is 42.5 Å². The number of halogens is 1. The lowest BCUT2D eigenvalue weighted by Gasteiger charge is -2.23. The molecule has 0 aromatic heterocycles. The summed E-state index contributed by atoms with van der Waals surface area (Å²) in [5.74, 6) is -0.718. The Kier molecular flexibility index (Phi) is 3.60. The summed E-state index contributed by atoms with van der Waals surface area (Å²) in [5, 5.41) is 3.30. The summed E-state index contributed by atoms with van der Waals surface area (Å²) in [6.45, 7) is 3.05. The van der Waals surface area contributed by atoms with E-state index in [-0.39, 0.29) is 11.5 Å². The van der Waals surface area contributed by atoms with Crippen LogP contribution >= 0.6 is 0 Å². The number of fused-ring (bicyclic) bond motifs is 1. The third kappa shape index (κ3) is 2.49. The Morgan fingerprint density at radius 1 is 1.19 bits per heavy atom. The molecule has 0 fully saturated rings. The molecule has 21 heavy (non-hydrogen) atoms. The van der Waals surface area contributed by atoms with Gasteiger partial charge in [0.1, 0.15) is 5.82 Å². The topological polar surface area (TPSA) is 32.3 Å². The van der Waals surface area contributed by atoms with Gasteiger partial charge >= 0.3 is 0 Å². The maximum atomic E-state index is 14.2. The molecule has 1 aliphatic rings. The number of amides is 1. The first-order valence-corrected chi connectivity index (χ1v) is 7.08. The van der Waals surface area contributed by atoms with Gasteiger partial charge in [-0.3, -0.25) is 4.79 Å². The minimum atomic E-state index is -0.433. The fraction of sp³-hybridized carbons (Fsp3) is 0.235. The van der Waals surface area contributed by atoms with E-state index in [0.717, 1.165) is 24.3 Å². The summed E-state index contributed by atoms with van der Waals surface area (Å²) >= 11 is 0. The van der Waals surface area contributed by atoms with E-state index in [1.54, 1.807) is 30.0 Å². The Morgan fingerprint density at radius 3 is 2.86 bits per heavy atom. The lowest BCUT2D eigenvalue weighted by atomic mass is 10.1. The van der Waals surface area contributed by atoms with Crippen LogP contribution in [0, 0.1) is 12.7 Å². The van der Waals surface area contributed by atoms with Crippen molar-refractivity contribution < 1.29 is 9.18 Å². The third-order valence-corrected chi connectivity index (χ3v) is 3.74. The molecule has 0 bridgehead atoms. The highest BCUT2D eigenvalue weighted by Gasteiger charge is 2.24. The summed E-state index contributed by atoms with van der Waals surface area (Å²) < 4.78 is 14.2. The monoisotopic (exact) mass is 284 g/mol. The second kappa shape index (κ2) is 5.56. The number of rotatable bonds is 1. The predicted octanol–water partition coefficient (Wildman–Crippen LogP) is 3.60. The van der Waals surface area contributed by atoms with Crippen LogP contribution in [0.2, 0.25) is 0 Å². The number of nitrogens with zero attached hydrogens (tertiary/aromatic N) is 1. The quantitative estimate of drug-likeness (QED) is 0.868. The van der Waals surface area contributed by atoms with Gasteiger partial charge in [-0.2, -0.15) is 0 Å². The van der Waals surface area contributed by atoms with Crippen LogP contribution in [0.25, 0.3) is 0 Å². The van der Waals surface area contributed by atoms with Crippen LogP contribution in [0.1, 0.15) is 22.3 Å². The molecule has 3 rings (SSSR count). The maximum absolute atomic E-state index is 14.2. The second-order valence-corrected chi connectivity index (χ2v) is 5.19. The molecule has 0 saturated carbocycles. The van der Waals surface area contributed by atoms with Gasteiger partial charge in [0.2, 0.25) is 0 Å². The Bertz CT molecular complexity index is 684. The standard InChI is InChI=1S/C17H17FN2O/c1-12-6-4-7-13(16(12)18)17(21)20-11-5-10-19-14-8-2-3-9-15(14)20/h2-4,6-9,19H,5,10-11H2,1H3. The van der Waals surface area contributed by atoms with E-state index in [1.807, 2.05) is 24.3 Å². The zero-order chi connectivity index (χ0) is 14.8. The van der Waals surface area contributed by atoms with E-state index in [9.17, 15) is 9.18 Å². The molecule has 2 aromatic rings. The van der Waals surface area contributed by atoms with Crippen LogP contribution in [-0.4, -0.2) is 19.0 Å². The van der Waals surface area contributed by atoms with Crippen LogP contribution in [0.4, 0.5) is 15.8 Å². The lowest BCUT2D eigenvalue weighted by molar-refractivity contribution is 0.0983. The average molecular weight is 284 g/mol. The Morgan fingerprint density at radius 2 is 2.00 bits per heavy atom. The molecular formula is C17H17FN2O. The molecule has 0 radical (unpaired) electrons. The third-order valence-electron chi connectivity index (χ3n) is 3.74. The zero-order valence-electron chi connectivity index (χ0n) is 11.9. The molecule has 0 spiro atoms. The molecule has 4 heteroatoms. The molecule has 0 unspecified atom stereocenters. The summed E-state index contributed by atoms with van der Waals surface area (Å²) in [6, 6.07) is 12.6. The van der Waals surface area contributed by atoms with Gasteiger partial charge in [0, 0.05) is 13.1 Å². The molecule has 1 amide bonds. The van der Waals surface area contributed by atoms with Gasteiger partial charge in [-0.15, -0.1) is 0 Å². The Hall–Kier alpha value is -2.36. The number of nitrogens with one attached hydrogen (secondary N) is 1. The molecule has 2 aromatic carbocycles. The van der Waals surface area contributed by atoms with Crippen LogP contribution < -0.4 is 10.2 Å². The Labute approximate surface area is 123 Å². The number of hydrogen-bond acceptors (Lipinski definition) is 2.